The highest BCUT2D eigenvalue weighted by Gasteiger charge is 2.22. The molecule has 1 N–H and O–H groups in total. The number of hydrogen-bond donors (Lipinski definition) is 1. The van der Waals surface area contributed by atoms with Crippen LogP contribution >= 0.6 is 11.3 Å². The molecule has 3 aromatic rings. The third-order valence-corrected chi connectivity index (χ3v) is 5.11. The first-order valence-electron chi connectivity index (χ1n) is 7.98. The first-order chi connectivity index (χ1) is 11.7. The first kappa shape index (κ1) is 15.1. The summed E-state index contributed by atoms with van der Waals surface area (Å²) in [5, 5.41) is 5.08. The van der Waals surface area contributed by atoms with Gasteiger partial charge in [0.2, 0.25) is 11.8 Å². The van der Waals surface area contributed by atoms with Crippen molar-refractivity contribution in [2.45, 2.75) is 38.8 Å². The molecule has 124 valence electrons. The predicted octanol–water partition coefficient (Wildman–Crippen LogP) is 2.58. The number of carbonyl (C=O) groups excluding carboxylic acids is 1. The number of nitrogens with one attached hydrogen (secondary N) is 1. The third-order valence-electron chi connectivity index (χ3n) is 4.25. The molecule has 3 aromatic heterocycles. The lowest BCUT2D eigenvalue weighted by Gasteiger charge is -2.24. The smallest absolute Gasteiger partial charge is 0.236 e. The van der Waals surface area contributed by atoms with Gasteiger partial charge in [-0.05, 0) is 24.8 Å². The molecule has 0 bridgehead atoms. The van der Waals surface area contributed by atoms with Crippen molar-refractivity contribution in [3.63, 3.8) is 0 Å². The molecule has 1 aliphatic rings. The van der Waals surface area contributed by atoms with Gasteiger partial charge in [0, 0.05) is 31.4 Å². The number of fused-ring (bicyclic) bond motifs is 1. The summed E-state index contributed by atoms with van der Waals surface area (Å²) in [4.78, 5) is 22.1. The van der Waals surface area contributed by atoms with Crippen LogP contribution in [-0.4, -0.2) is 26.5 Å². The molecule has 1 aliphatic heterocycles. The van der Waals surface area contributed by atoms with Crippen LogP contribution in [0.4, 0.5) is 0 Å². The van der Waals surface area contributed by atoms with Crippen molar-refractivity contribution in [1.29, 1.82) is 0 Å². The number of aromatic nitrogens is 3. The van der Waals surface area contributed by atoms with Gasteiger partial charge in [-0.1, -0.05) is 6.07 Å². The van der Waals surface area contributed by atoms with Crippen LogP contribution in [0.25, 0.3) is 10.8 Å². The van der Waals surface area contributed by atoms with Crippen LogP contribution in [0.1, 0.15) is 23.7 Å². The van der Waals surface area contributed by atoms with Gasteiger partial charge in [0.05, 0.1) is 17.0 Å². The minimum atomic E-state index is -0.0160. The van der Waals surface area contributed by atoms with Crippen molar-refractivity contribution in [2.75, 3.05) is 0 Å². The van der Waals surface area contributed by atoms with Crippen molar-refractivity contribution in [3.05, 3.63) is 47.2 Å². The summed E-state index contributed by atoms with van der Waals surface area (Å²) in [7, 11) is 0. The zero-order valence-corrected chi connectivity index (χ0v) is 14.2. The topological polar surface area (TPSA) is 73.0 Å². The molecule has 1 atom stereocenters. The highest BCUT2D eigenvalue weighted by molar-refractivity contribution is 7.13. The van der Waals surface area contributed by atoms with Crippen LogP contribution in [0.2, 0.25) is 0 Å². The average Bonchev–Trinajstić information content (AvgIpc) is 3.28. The van der Waals surface area contributed by atoms with E-state index in [0.29, 0.717) is 17.3 Å². The van der Waals surface area contributed by atoms with Gasteiger partial charge in [-0.25, -0.2) is 9.97 Å². The molecular weight excluding hydrogens is 324 g/mol. The maximum Gasteiger partial charge on any atom is 0.236 e. The summed E-state index contributed by atoms with van der Waals surface area (Å²) in [6.45, 7) is 2.63. The molecule has 4 heterocycles. The zero-order chi connectivity index (χ0) is 16.5. The Balaban J connectivity index is 1.40. The number of rotatable bonds is 4. The Labute approximate surface area is 143 Å². The second kappa shape index (κ2) is 6.24. The Bertz CT molecular complexity index is 850. The molecule has 6 nitrogen and oxygen atoms in total. The van der Waals surface area contributed by atoms with Crippen LogP contribution in [0.5, 0.6) is 0 Å². The van der Waals surface area contributed by atoms with Crippen LogP contribution in [-0.2, 0) is 24.2 Å². The van der Waals surface area contributed by atoms with E-state index in [2.05, 4.69) is 19.9 Å². The van der Waals surface area contributed by atoms with Gasteiger partial charge in [0.1, 0.15) is 11.6 Å². The van der Waals surface area contributed by atoms with Crippen LogP contribution in [0.3, 0.4) is 0 Å². The second-order valence-electron chi connectivity index (χ2n) is 5.97. The molecular formula is C17H18N4O2S. The third kappa shape index (κ3) is 2.99. The van der Waals surface area contributed by atoms with E-state index in [1.54, 1.807) is 11.3 Å². The fourth-order valence-corrected chi connectivity index (χ4v) is 3.66. The normalized spacial score (nSPS) is 16.8. The van der Waals surface area contributed by atoms with E-state index in [9.17, 15) is 4.79 Å². The molecule has 0 aromatic carbocycles. The number of amides is 1. The SMILES string of the molecule is Cc1oc(-c2cccs2)nc1CC(=O)NC1CCc2nccn2C1. The van der Waals surface area contributed by atoms with E-state index in [1.807, 2.05) is 36.8 Å². The average molecular weight is 342 g/mol. The summed E-state index contributed by atoms with van der Waals surface area (Å²) in [6, 6.07) is 4.06. The number of aryl methyl sites for hydroxylation is 2. The van der Waals surface area contributed by atoms with E-state index in [0.717, 1.165) is 30.1 Å². The Hall–Kier alpha value is -2.41. The Morgan fingerprint density at radius 3 is 3.29 bits per heavy atom. The monoisotopic (exact) mass is 342 g/mol. The highest BCUT2D eigenvalue weighted by Crippen LogP contribution is 2.26. The summed E-state index contributed by atoms with van der Waals surface area (Å²) in [5.74, 6) is 2.37. The number of oxazole rings is 1. The zero-order valence-electron chi connectivity index (χ0n) is 13.4. The number of carbonyl (C=O) groups is 1. The summed E-state index contributed by atoms with van der Waals surface area (Å²) in [6.07, 6.45) is 5.82. The van der Waals surface area contributed by atoms with Crippen molar-refractivity contribution < 1.29 is 9.21 Å². The minimum absolute atomic E-state index is 0.0160. The van der Waals surface area contributed by atoms with E-state index in [1.165, 1.54) is 0 Å². The Morgan fingerprint density at radius 1 is 1.54 bits per heavy atom. The fourth-order valence-electron chi connectivity index (χ4n) is 3.01. The van der Waals surface area contributed by atoms with Crippen LogP contribution < -0.4 is 5.32 Å². The van der Waals surface area contributed by atoms with E-state index in [-0.39, 0.29) is 18.4 Å². The molecule has 0 fully saturated rings. The van der Waals surface area contributed by atoms with E-state index in [4.69, 9.17) is 4.42 Å². The molecule has 0 spiro atoms. The summed E-state index contributed by atoms with van der Waals surface area (Å²) < 4.78 is 7.79. The standard InChI is InChI=1S/C17H18N4O2S/c1-11-13(20-17(23-11)14-3-2-8-24-14)9-16(22)19-12-4-5-15-18-6-7-21(15)10-12/h2-3,6-8,12H,4-5,9-10H2,1H3,(H,19,22). The van der Waals surface area contributed by atoms with Gasteiger partial charge in [0.25, 0.3) is 0 Å². The van der Waals surface area contributed by atoms with E-state index < -0.39 is 0 Å². The van der Waals surface area contributed by atoms with Crippen molar-refractivity contribution in [1.82, 2.24) is 19.9 Å². The van der Waals surface area contributed by atoms with Crippen LogP contribution in [0.15, 0.2) is 34.3 Å². The Kier molecular flexibility index (Phi) is 3.93. The highest BCUT2D eigenvalue weighted by atomic mass is 32.1. The van der Waals surface area contributed by atoms with Crippen molar-refractivity contribution in [3.8, 4) is 10.8 Å². The van der Waals surface area contributed by atoms with Crippen molar-refractivity contribution in [2.24, 2.45) is 0 Å². The molecule has 0 radical (unpaired) electrons. The quantitative estimate of drug-likeness (QED) is 0.791. The molecule has 1 unspecified atom stereocenters. The number of imidazole rings is 1. The van der Waals surface area contributed by atoms with Gasteiger partial charge < -0.3 is 14.3 Å². The summed E-state index contributed by atoms with van der Waals surface area (Å²) >= 11 is 1.57. The van der Waals surface area contributed by atoms with Gasteiger partial charge in [-0.3, -0.25) is 4.79 Å². The first-order valence-corrected chi connectivity index (χ1v) is 8.86. The predicted molar refractivity (Wildman–Crippen MR) is 90.7 cm³/mol. The van der Waals surface area contributed by atoms with Crippen molar-refractivity contribution >= 4 is 17.2 Å². The van der Waals surface area contributed by atoms with Gasteiger partial charge in [-0.2, -0.15) is 0 Å². The molecule has 4 rings (SSSR count). The lowest BCUT2D eigenvalue weighted by atomic mass is 10.1. The number of hydrogen-bond acceptors (Lipinski definition) is 5. The van der Waals surface area contributed by atoms with E-state index >= 15 is 0 Å². The largest absolute Gasteiger partial charge is 0.440 e. The number of thiophene rings is 1. The molecule has 0 saturated carbocycles. The van der Waals surface area contributed by atoms with Gasteiger partial charge >= 0.3 is 0 Å². The minimum Gasteiger partial charge on any atom is -0.440 e. The molecule has 0 saturated heterocycles. The van der Waals surface area contributed by atoms with Gasteiger partial charge in [-0.15, -0.1) is 11.3 Å². The molecule has 24 heavy (non-hydrogen) atoms. The lowest BCUT2D eigenvalue weighted by molar-refractivity contribution is -0.121. The maximum atomic E-state index is 12.4. The maximum absolute atomic E-state index is 12.4. The summed E-state index contributed by atoms with van der Waals surface area (Å²) in [5.41, 5.74) is 0.704. The fraction of sp³-hybridized carbons (Fsp3) is 0.353. The molecule has 0 aliphatic carbocycles. The second-order valence-corrected chi connectivity index (χ2v) is 6.92. The molecule has 7 heteroatoms. The molecule has 1 amide bonds. The lowest BCUT2D eigenvalue weighted by Crippen LogP contribution is -2.41. The Morgan fingerprint density at radius 2 is 2.46 bits per heavy atom. The van der Waals surface area contributed by atoms with Crippen LogP contribution in [0, 0.1) is 6.92 Å². The number of nitrogens with zero attached hydrogens (tertiary/aromatic N) is 3. The van der Waals surface area contributed by atoms with Gasteiger partial charge in [0.15, 0.2) is 0 Å².